The zero-order chi connectivity index (χ0) is 11.6. The quantitative estimate of drug-likeness (QED) is 0.734. The summed E-state index contributed by atoms with van der Waals surface area (Å²) in [6.07, 6.45) is 5.17. The molecule has 3 heteroatoms. The van der Waals surface area contributed by atoms with E-state index in [-0.39, 0.29) is 5.41 Å². The molecular weight excluding hydrogens is 198 g/mol. The highest BCUT2D eigenvalue weighted by Gasteiger charge is 2.15. The fraction of sp³-hybridized carbons (Fsp3) is 0.231. The molecule has 3 nitrogen and oxygen atoms in total. The van der Waals surface area contributed by atoms with Crippen LogP contribution in [0.5, 0.6) is 0 Å². The smallest absolute Gasteiger partial charge is 0.138 e. The van der Waals surface area contributed by atoms with E-state index in [1.165, 1.54) is 11.9 Å². The second kappa shape index (κ2) is 3.93. The Labute approximate surface area is 95.5 Å². The third-order valence-corrected chi connectivity index (χ3v) is 2.80. The molecule has 0 fully saturated rings. The molecule has 0 bridgehead atoms. The van der Waals surface area contributed by atoms with Crippen LogP contribution >= 0.6 is 0 Å². The summed E-state index contributed by atoms with van der Waals surface area (Å²) in [6.45, 7) is 8.14. The molecule has 16 heavy (non-hydrogen) atoms. The van der Waals surface area contributed by atoms with Gasteiger partial charge in [0.15, 0.2) is 0 Å². The summed E-state index contributed by atoms with van der Waals surface area (Å²) in [5.41, 5.74) is 2.26. The summed E-state index contributed by atoms with van der Waals surface area (Å²) in [7, 11) is 0. The summed E-state index contributed by atoms with van der Waals surface area (Å²) in [4.78, 5) is 3.92. The lowest BCUT2D eigenvalue weighted by Crippen LogP contribution is -2.12. The molecular formula is C13H15N3. The van der Waals surface area contributed by atoms with Gasteiger partial charge in [0.2, 0.25) is 0 Å². The van der Waals surface area contributed by atoms with Gasteiger partial charge >= 0.3 is 0 Å². The highest BCUT2D eigenvalue weighted by molar-refractivity contribution is 5.37. The van der Waals surface area contributed by atoms with Crippen molar-refractivity contribution in [3.63, 3.8) is 0 Å². The monoisotopic (exact) mass is 213 g/mol. The molecule has 0 amide bonds. The Hall–Kier alpha value is -1.90. The molecule has 1 heterocycles. The molecule has 0 unspecified atom stereocenters. The van der Waals surface area contributed by atoms with E-state index in [1.54, 1.807) is 11.0 Å². The van der Waals surface area contributed by atoms with Gasteiger partial charge in [-0.3, -0.25) is 0 Å². The molecule has 82 valence electrons. The van der Waals surface area contributed by atoms with E-state index < -0.39 is 0 Å². The molecule has 0 saturated carbocycles. The fourth-order valence-corrected chi connectivity index (χ4v) is 1.50. The highest BCUT2D eigenvalue weighted by Crippen LogP contribution is 2.24. The Morgan fingerprint density at radius 2 is 1.94 bits per heavy atom. The lowest BCUT2D eigenvalue weighted by molar-refractivity contribution is 0.671. The first-order valence-corrected chi connectivity index (χ1v) is 5.22. The predicted molar refractivity (Wildman–Crippen MR) is 64.6 cm³/mol. The normalized spacial score (nSPS) is 11.4. The van der Waals surface area contributed by atoms with Crippen molar-refractivity contribution in [3.8, 4) is 5.69 Å². The van der Waals surface area contributed by atoms with Gasteiger partial charge in [0.1, 0.15) is 12.7 Å². The van der Waals surface area contributed by atoms with E-state index in [2.05, 4.69) is 42.6 Å². The Balaban J connectivity index is 2.34. The second-order valence-electron chi connectivity index (χ2n) is 4.31. The third-order valence-electron chi connectivity index (χ3n) is 2.80. The van der Waals surface area contributed by atoms with Gasteiger partial charge in [-0.1, -0.05) is 32.1 Å². The Morgan fingerprint density at radius 1 is 1.25 bits per heavy atom. The molecule has 0 atom stereocenters. The third kappa shape index (κ3) is 1.89. The van der Waals surface area contributed by atoms with Gasteiger partial charge in [-0.25, -0.2) is 9.67 Å². The minimum absolute atomic E-state index is 0.000889. The minimum atomic E-state index is 0.000889. The number of nitrogens with zero attached hydrogens (tertiary/aromatic N) is 3. The van der Waals surface area contributed by atoms with Crippen LogP contribution in [0, 0.1) is 0 Å². The zero-order valence-electron chi connectivity index (χ0n) is 9.59. The van der Waals surface area contributed by atoms with E-state index in [9.17, 15) is 0 Å². The van der Waals surface area contributed by atoms with Crippen molar-refractivity contribution >= 4 is 0 Å². The number of benzene rings is 1. The van der Waals surface area contributed by atoms with Gasteiger partial charge in [0, 0.05) is 5.41 Å². The first-order chi connectivity index (χ1) is 7.63. The van der Waals surface area contributed by atoms with Crippen LogP contribution in [-0.4, -0.2) is 14.8 Å². The Morgan fingerprint density at radius 3 is 2.44 bits per heavy atom. The van der Waals surface area contributed by atoms with Crippen LogP contribution in [0.15, 0.2) is 49.6 Å². The van der Waals surface area contributed by atoms with Crippen molar-refractivity contribution in [3.05, 3.63) is 55.1 Å². The van der Waals surface area contributed by atoms with Gasteiger partial charge < -0.3 is 0 Å². The van der Waals surface area contributed by atoms with Gasteiger partial charge in [-0.2, -0.15) is 5.10 Å². The first kappa shape index (κ1) is 10.6. The van der Waals surface area contributed by atoms with Crippen molar-refractivity contribution < 1.29 is 0 Å². The number of rotatable bonds is 3. The molecule has 2 rings (SSSR count). The van der Waals surface area contributed by atoms with Crippen LogP contribution in [0.25, 0.3) is 5.69 Å². The van der Waals surface area contributed by atoms with Crippen LogP contribution in [0.1, 0.15) is 19.4 Å². The highest BCUT2D eigenvalue weighted by atomic mass is 15.3. The van der Waals surface area contributed by atoms with Crippen LogP contribution in [0.2, 0.25) is 0 Å². The molecule has 1 aromatic carbocycles. The SMILES string of the molecule is C=CC(C)(C)c1ccc(-n2cncn2)cc1. The lowest BCUT2D eigenvalue weighted by atomic mass is 9.85. The van der Waals surface area contributed by atoms with Crippen molar-refractivity contribution in [1.29, 1.82) is 0 Å². The van der Waals surface area contributed by atoms with Gasteiger partial charge in [-0.15, -0.1) is 6.58 Å². The molecule has 0 N–H and O–H groups in total. The molecule has 2 aromatic rings. The summed E-state index contributed by atoms with van der Waals surface area (Å²) in [5, 5.41) is 4.08. The lowest BCUT2D eigenvalue weighted by Gasteiger charge is -2.20. The van der Waals surface area contributed by atoms with Gasteiger partial charge in [0.05, 0.1) is 5.69 Å². The van der Waals surface area contributed by atoms with E-state index in [1.807, 2.05) is 18.2 Å². The number of allylic oxidation sites excluding steroid dienone is 1. The minimum Gasteiger partial charge on any atom is -0.223 e. The molecule has 0 spiro atoms. The maximum Gasteiger partial charge on any atom is 0.138 e. The summed E-state index contributed by atoms with van der Waals surface area (Å²) in [6, 6.07) is 8.27. The van der Waals surface area contributed by atoms with Crippen LogP contribution in [-0.2, 0) is 5.41 Å². The molecule has 1 aromatic heterocycles. The van der Waals surface area contributed by atoms with Crippen LogP contribution in [0.3, 0.4) is 0 Å². The topological polar surface area (TPSA) is 30.7 Å². The fourth-order valence-electron chi connectivity index (χ4n) is 1.50. The van der Waals surface area contributed by atoms with Crippen molar-refractivity contribution in [2.45, 2.75) is 19.3 Å². The molecule has 0 aliphatic carbocycles. The number of aromatic nitrogens is 3. The van der Waals surface area contributed by atoms with Crippen molar-refractivity contribution in [2.75, 3.05) is 0 Å². The van der Waals surface area contributed by atoms with Crippen LogP contribution < -0.4 is 0 Å². The largest absolute Gasteiger partial charge is 0.223 e. The predicted octanol–water partition coefficient (Wildman–Crippen LogP) is 2.73. The van der Waals surface area contributed by atoms with E-state index in [0.29, 0.717) is 0 Å². The number of hydrogen-bond acceptors (Lipinski definition) is 2. The first-order valence-electron chi connectivity index (χ1n) is 5.22. The maximum atomic E-state index is 4.08. The van der Waals surface area contributed by atoms with Crippen molar-refractivity contribution in [1.82, 2.24) is 14.8 Å². The second-order valence-corrected chi connectivity index (χ2v) is 4.31. The van der Waals surface area contributed by atoms with E-state index in [4.69, 9.17) is 0 Å². The summed E-state index contributed by atoms with van der Waals surface area (Å²) >= 11 is 0. The standard InChI is InChI=1S/C13H15N3/c1-4-13(2,3)11-5-7-12(8-6-11)16-10-14-9-15-16/h4-10H,1H2,2-3H3. The zero-order valence-corrected chi connectivity index (χ0v) is 9.59. The van der Waals surface area contributed by atoms with E-state index in [0.717, 1.165) is 5.69 Å². The average molecular weight is 213 g/mol. The average Bonchev–Trinajstić information content (AvgIpc) is 2.83. The molecule has 0 saturated heterocycles. The van der Waals surface area contributed by atoms with E-state index >= 15 is 0 Å². The van der Waals surface area contributed by atoms with Gasteiger partial charge in [-0.05, 0) is 17.7 Å². The number of hydrogen-bond donors (Lipinski definition) is 0. The Kier molecular flexibility index (Phi) is 2.60. The Bertz CT molecular complexity index is 466. The molecule has 0 radical (unpaired) electrons. The maximum absolute atomic E-state index is 4.08. The van der Waals surface area contributed by atoms with Crippen molar-refractivity contribution in [2.24, 2.45) is 0 Å². The summed E-state index contributed by atoms with van der Waals surface area (Å²) < 4.78 is 1.74. The molecule has 0 aliphatic rings. The van der Waals surface area contributed by atoms with Crippen LogP contribution in [0.4, 0.5) is 0 Å². The molecule has 0 aliphatic heterocycles. The summed E-state index contributed by atoms with van der Waals surface area (Å²) in [5.74, 6) is 0. The van der Waals surface area contributed by atoms with Gasteiger partial charge in [0.25, 0.3) is 0 Å².